The first kappa shape index (κ1) is 16.2. The number of carbonyl (C=O) groups excluding carboxylic acids is 1. The number of hydrogen-bond acceptors (Lipinski definition) is 3. The first-order chi connectivity index (χ1) is 11.4. The molecule has 0 saturated heterocycles. The van der Waals surface area contributed by atoms with Gasteiger partial charge in [0.25, 0.3) is 0 Å². The zero-order chi connectivity index (χ0) is 17.3. The van der Waals surface area contributed by atoms with Gasteiger partial charge in [0, 0.05) is 16.8 Å². The van der Waals surface area contributed by atoms with Crippen LogP contribution in [0.4, 0.5) is 0 Å². The molecule has 1 heterocycles. The molecular formula is C17H17N3O3S. The van der Waals surface area contributed by atoms with Gasteiger partial charge in [0.15, 0.2) is 0 Å². The number of aromatic amines is 1. The quantitative estimate of drug-likeness (QED) is 0.660. The molecular weight excluding hydrogens is 326 g/mol. The van der Waals surface area contributed by atoms with E-state index in [1.807, 2.05) is 30.3 Å². The monoisotopic (exact) mass is 343 g/mol. The summed E-state index contributed by atoms with van der Waals surface area (Å²) in [6.45, 7) is 1.82. The first-order valence-corrected chi connectivity index (χ1v) is 8.82. The summed E-state index contributed by atoms with van der Waals surface area (Å²) in [6, 6.07) is 13.9. The zero-order valence-corrected chi connectivity index (χ0v) is 13.9. The molecule has 3 aromatic rings. The van der Waals surface area contributed by atoms with E-state index in [0.29, 0.717) is 5.56 Å². The van der Waals surface area contributed by atoms with E-state index >= 15 is 0 Å². The predicted molar refractivity (Wildman–Crippen MR) is 92.0 cm³/mol. The number of H-pyrrole nitrogens is 1. The maximum absolute atomic E-state index is 12.4. The van der Waals surface area contributed by atoms with Crippen molar-refractivity contribution in [2.24, 2.45) is 5.73 Å². The molecule has 1 amide bonds. The third kappa shape index (κ3) is 3.17. The van der Waals surface area contributed by atoms with Gasteiger partial charge in [-0.15, -0.1) is 0 Å². The van der Waals surface area contributed by atoms with Crippen LogP contribution in [0.2, 0.25) is 0 Å². The van der Waals surface area contributed by atoms with Crippen molar-refractivity contribution >= 4 is 26.8 Å². The Hall–Kier alpha value is -2.64. The van der Waals surface area contributed by atoms with Crippen molar-refractivity contribution in [3.8, 4) is 0 Å². The smallest absolute Gasteiger partial charge is 0.249 e. The van der Waals surface area contributed by atoms with E-state index in [1.165, 1.54) is 12.1 Å². The Balaban J connectivity index is 1.83. The number of hydrogen-bond donors (Lipinski definition) is 3. The van der Waals surface area contributed by atoms with Gasteiger partial charge in [0.05, 0.1) is 11.4 Å². The highest BCUT2D eigenvalue weighted by molar-refractivity contribution is 7.89. The Morgan fingerprint density at radius 1 is 1.17 bits per heavy atom. The fraction of sp³-hybridized carbons (Fsp3) is 0.118. The highest BCUT2D eigenvalue weighted by atomic mass is 32.2. The molecule has 0 aliphatic carbocycles. The minimum absolute atomic E-state index is 0.0120. The van der Waals surface area contributed by atoms with Crippen molar-refractivity contribution < 1.29 is 13.2 Å². The lowest BCUT2D eigenvalue weighted by Crippen LogP contribution is -2.24. The third-order valence-corrected chi connectivity index (χ3v) is 5.22. The van der Waals surface area contributed by atoms with E-state index in [-0.39, 0.29) is 17.0 Å². The summed E-state index contributed by atoms with van der Waals surface area (Å²) in [6.07, 6.45) is 0. The van der Waals surface area contributed by atoms with E-state index in [0.717, 1.165) is 16.6 Å². The van der Waals surface area contributed by atoms with Gasteiger partial charge >= 0.3 is 0 Å². The number of benzene rings is 2. The van der Waals surface area contributed by atoms with E-state index < -0.39 is 15.9 Å². The fourth-order valence-corrected chi connectivity index (χ4v) is 3.55. The van der Waals surface area contributed by atoms with Gasteiger partial charge in [-0.1, -0.05) is 24.3 Å². The second kappa shape index (κ2) is 6.10. The van der Waals surface area contributed by atoms with Gasteiger partial charge in [-0.2, -0.15) is 0 Å². The molecule has 0 bridgehead atoms. The van der Waals surface area contributed by atoms with Crippen molar-refractivity contribution in [3.05, 3.63) is 65.4 Å². The summed E-state index contributed by atoms with van der Waals surface area (Å²) in [5, 5.41) is 1.01. The molecule has 0 radical (unpaired) electrons. The number of aryl methyl sites for hydroxylation is 1. The minimum Gasteiger partial charge on any atom is -0.366 e. The van der Waals surface area contributed by atoms with Crippen LogP contribution in [0.15, 0.2) is 53.4 Å². The molecule has 3 rings (SSSR count). The zero-order valence-electron chi connectivity index (χ0n) is 13.0. The van der Waals surface area contributed by atoms with Crippen LogP contribution in [0.5, 0.6) is 0 Å². The van der Waals surface area contributed by atoms with Crippen molar-refractivity contribution in [2.75, 3.05) is 0 Å². The SMILES string of the molecule is Cc1ccc(S(=O)(=O)NCc2cc3ccccc3[nH]2)cc1C(N)=O. The maximum Gasteiger partial charge on any atom is 0.249 e. The van der Waals surface area contributed by atoms with Crippen LogP contribution in [0.1, 0.15) is 21.6 Å². The molecule has 124 valence electrons. The second-order valence-corrected chi connectivity index (χ2v) is 7.31. The summed E-state index contributed by atoms with van der Waals surface area (Å²) in [4.78, 5) is 14.6. The van der Waals surface area contributed by atoms with Crippen LogP contribution in [0, 0.1) is 6.92 Å². The van der Waals surface area contributed by atoms with E-state index in [9.17, 15) is 13.2 Å². The van der Waals surface area contributed by atoms with Crippen LogP contribution in [0.25, 0.3) is 10.9 Å². The Bertz CT molecular complexity index is 989. The number of aromatic nitrogens is 1. The summed E-state index contributed by atoms with van der Waals surface area (Å²) in [5.74, 6) is -0.653. The number of primary amides is 1. The van der Waals surface area contributed by atoms with Gasteiger partial charge in [0.2, 0.25) is 15.9 Å². The molecule has 2 aromatic carbocycles. The Kier molecular flexibility index (Phi) is 4.13. The number of sulfonamides is 1. The molecule has 1 aromatic heterocycles. The van der Waals surface area contributed by atoms with E-state index in [1.54, 1.807) is 13.0 Å². The Morgan fingerprint density at radius 2 is 1.92 bits per heavy atom. The lowest BCUT2D eigenvalue weighted by Gasteiger charge is -2.08. The number of para-hydroxylation sites is 1. The van der Waals surface area contributed by atoms with Crippen LogP contribution >= 0.6 is 0 Å². The topological polar surface area (TPSA) is 105 Å². The van der Waals surface area contributed by atoms with Gasteiger partial charge in [-0.25, -0.2) is 13.1 Å². The lowest BCUT2D eigenvalue weighted by molar-refractivity contribution is 0.0999. The predicted octanol–water partition coefficient (Wildman–Crippen LogP) is 2.05. The molecule has 0 spiro atoms. The third-order valence-electron chi connectivity index (χ3n) is 3.82. The molecule has 0 unspecified atom stereocenters. The average molecular weight is 343 g/mol. The van der Waals surface area contributed by atoms with Crippen molar-refractivity contribution in [2.45, 2.75) is 18.4 Å². The summed E-state index contributed by atoms with van der Waals surface area (Å²) >= 11 is 0. The molecule has 0 fully saturated rings. The van der Waals surface area contributed by atoms with Gasteiger partial charge in [-0.3, -0.25) is 4.79 Å². The molecule has 7 heteroatoms. The number of amides is 1. The van der Waals surface area contributed by atoms with Crippen molar-refractivity contribution in [1.29, 1.82) is 0 Å². The Labute approximate surface area is 139 Å². The van der Waals surface area contributed by atoms with Crippen molar-refractivity contribution in [3.63, 3.8) is 0 Å². The molecule has 0 saturated carbocycles. The highest BCUT2D eigenvalue weighted by Crippen LogP contribution is 2.17. The number of fused-ring (bicyclic) bond motifs is 1. The number of carbonyl (C=O) groups is 1. The molecule has 6 nitrogen and oxygen atoms in total. The fourth-order valence-electron chi connectivity index (χ4n) is 2.52. The number of rotatable bonds is 5. The van der Waals surface area contributed by atoms with Crippen LogP contribution < -0.4 is 10.5 Å². The summed E-state index contributed by atoms with van der Waals surface area (Å²) in [5.41, 5.74) is 7.80. The molecule has 0 aliphatic rings. The molecule has 24 heavy (non-hydrogen) atoms. The van der Waals surface area contributed by atoms with Crippen LogP contribution in [0.3, 0.4) is 0 Å². The van der Waals surface area contributed by atoms with Gasteiger partial charge in [0.1, 0.15) is 0 Å². The van der Waals surface area contributed by atoms with E-state index in [4.69, 9.17) is 5.73 Å². The van der Waals surface area contributed by atoms with Gasteiger partial charge < -0.3 is 10.7 Å². The highest BCUT2D eigenvalue weighted by Gasteiger charge is 2.17. The first-order valence-electron chi connectivity index (χ1n) is 7.33. The number of nitrogens with one attached hydrogen (secondary N) is 2. The standard InChI is InChI=1S/C17H17N3O3S/c1-11-6-7-14(9-15(11)17(18)21)24(22,23)19-10-13-8-12-4-2-3-5-16(12)20-13/h2-9,19-20H,10H2,1H3,(H2,18,21). The minimum atomic E-state index is -3.75. The second-order valence-electron chi connectivity index (χ2n) is 5.55. The molecule has 4 N–H and O–H groups in total. The maximum atomic E-state index is 12.4. The van der Waals surface area contributed by atoms with Crippen molar-refractivity contribution in [1.82, 2.24) is 9.71 Å². The normalized spacial score (nSPS) is 11.7. The number of nitrogens with two attached hydrogens (primary N) is 1. The summed E-state index contributed by atoms with van der Waals surface area (Å²) in [7, 11) is -3.75. The van der Waals surface area contributed by atoms with Crippen LogP contribution in [-0.2, 0) is 16.6 Å². The largest absolute Gasteiger partial charge is 0.366 e. The average Bonchev–Trinajstić information content (AvgIpc) is 2.96. The lowest BCUT2D eigenvalue weighted by atomic mass is 10.1. The van der Waals surface area contributed by atoms with Crippen LogP contribution in [-0.4, -0.2) is 19.3 Å². The Morgan fingerprint density at radius 3 is 2.62 bits per heavy atom. The van der Waals surface area contributed by atoms with Gasteiger partial charge in [-0.05, 0) is 42.1 Å². The molecule has 0 aliphatic heterocycles. The molecule has 0 atom stereocenters. The van der Waals surface area contributed by atoms with E-state index in [2.05, 4.69) is 9.71 Å². The summed E-state index contributed by atoms with van der Waals surface area (Å²) < 4.78 is 27.4.